The number of hydrogen-bond acceptors (Lipinski definition) is 6. The molecule has 1 atom stereocenters. The van der Waals surface area contributed by atoms with Crippen molar-refractivity contribution in [2.45, 2.75) is 40.8 Å². The molecular formula is C34H21F3N4O4S3. The number of allylic oxidation sites excluding steroid dienone is 3. The van der Waals surface area contributed by atoms with Crippen LogP contribution < -0.4 is 10.4 Å². The normalized spacial score (nSPS) is 14.4. The highest BCUT2D eigenvalue weighted by Gasteiger charge is 2.38. The summed E-state index contributed by atoms with van der Waals surface area (Å²) >= 11 is -2.92. The van der Waals surface area contributed by atoms with Crippen LogP contribution in [-0.4, -0.2) is 28.9 Å². The van der Waals surface area contributed by atoms with Crippen molar-refractivity contribution >= 4 is 43.8 Å². The molecule has 48 heavy (non-hydrogen) atoms. The van der Waals surface area contributed by atoms with Gasteiger partial charge in [-0.15, -0.1) is 0 Å². The standard InChI is InChI=1S/C34H21F3N4O4S3/c1-18-7-5-8-19(11-18)29-26(33(40-2)41-3)14-24-27(17-47(42)43)30-25(32(31(24)29)48(4,44)45)13-23(21(15-38)16-39)28(30)20-9-6-10-22(12-20)46-34(35,36)37/h5-12H,13-14,17H2,1,4H3,(H,42,43). The Kier molecular flexibility index (Phi) is 9.25. The number of nitriles is 2. The van der Waals surface area contributed by atoms with Gasteiger partial charge in [-0.3, -0.25) is 0 Å². The van der Waals surface area contributed by atoms with Crippen molar-refractivity contribution in [2.24, 2.45) is 0 Å². The Hall–Kier alpha value is -4.96. The first kappa shape index (κ1) is 34.4. The molecule has 240 valence electrons. The molecule has 1 unspecified atom stereocenters. The molecule has 3 aromatic carbocycles. The molecular weight excluding hydrogens is 682 g/mol. The monoisotopic (exact) mass is 702 g/mol. The number of fused-ring (bicyclic) bond motifs is 2. The molecule has 0 spiro atoms. The number of nitrogens with zero attached hydrogens (tertiary/aromatic N) is 4. The fourth-order valence-electron chi connectivity index (χ4n) is 6.35. The van der Waals surface area contributed by atoms with Gasteiger partial charge in [-0.1, -0.05) is 42.0 Å². The largest absolute Gasteiger partial charge is 0.523 e. The Morgan fingerprint density at radius 2 is 1.56 bits per heavy atom. The first-order chi connectivity index (χ1) is 22.6. The summed E-state index contributed by atoms with van der Waals surface area (Å²) in [6.45, 7) is 17.3. The lowest BCUT2D eigenvalue weighted by atomic mass is 9.94. The van der Waals surface area contributed by atoms with Crippen molar-refractivity contribution in [3.63, 3.8) is 0 Å². The molecule has 0 saturated heterocycles. The average Bonchev–Trinajstić information content (AvgIpc) is 3.57. The Labute approximate surface area is 280 Å². The van der Waals surface area contributed by atoms with E-state index in [1.807, 2.05) is 25.1 Å². The van der Waals surface area contributed by atoms with Gasteiger partial charge < -0.3 is 4.55 Å². The van der Waals surface area contributed by atoms with Gasteiger partial charge in [-0.05, 0) is 87.0 Å². The summed E-state index contributed by atoms with van der Waals surface area (Å²) in [4.78, 5) is 6.38. The van der Waals surface area contributed by atoms with E-state index in [4.69, 9.17) is 13.1 Å². The summed E-state index contributed by atoms with van der Waals surface area (Å²) in [6.07, 6.45) is 0.488. The zero-order valence-electron chi connectivity index (χ0n) is 25.1. The fourth-order valence-corrected chi connectivity index (χ4v) is 8.73. The number of hydrogen-bond donors (Lipinski definition) is 1. The van der Waals surface area contributed by atoms with E-state index in [1.54, 1.807) is 18.2 Å². The van der Waals surface area contributed by atoms with Crippen LogP contribution in [-0.2, 0) is 39.5 Å². The summed E-state index contributed by atoms with van der Waals surface area (Å²) in [7, 11) is -4.20. The van der Waals surface area contributed by atoms with E-state index in [1.165, 1.54) is 24.3 Å². The SMILES string of the molecule is [C-]#[N+]C([N+]#[C-])=C1Cc2c(CS(=O)O)c3c(c(S(C)(=O)=O)c2=C1c1cccc(C)c1)CC(=C(C#N)C#N)C=3c1cccc(SC(F)(F)F)c1. The molecule has 0 saturated carbocycles. The van der Waals surface area contributed by atoms with Gasteiger partial charge in [0.1, 0.15) is 30.9 Å². The molecule has 1 N–H and O–H groups in total. The van der Waals surface area contributed by atoms with E-state index in [9.17, 15) is 40.9 Å². The van der Waals surface area contributed by atoms with Gasteiger partial charge in [0.2, 0.25) is 0 Å². The van der Waals surface area contributed by atoms with Crippen molar-refractivity contribution in [1.82, 2.24) is 0 Å². The molecule has 14 heteroatoms. The summed E-state index contributed by atoms with van der Waals surface area (Å²) < 4.78 is 90.8. The van der Waals surface area contributed by atoms with Crippen molar-refractivity contribution in [2.75, 3.05) is 6.26 Å². The van der Waals surface area contributed by atoms with Crippen LogP contribution in [0.4, 0.5) is 13.2 Å². The first-order valence-electron chi connectivity index (χ1n) is 13.8. The molecule has 5 rings (SSSR count). The van der Waals surface area contributed by atoms with Crippen molar-refractivity contribution in [3.8, 4) is 12.1 Å². The molecule has 3 aromatic rings. The minimum absolute atomic E-state index is 0.0542. The van der Waals surface area contributed by atoms with E-state index < -0.39 is 37.8 Å². The van der Waals surface area contributed by atoms with E-state index >= 15 is 0 Å². The van der Waals surface area contributed by atoms with Gasteiger partial charge >= 0.3 is 11.3 Å². The number of benzene rings is 3. The molecule has 0 radical (unpaired) electrons. The van der Waals surface area contributed by atoms with Crippen LogP contribution in [0.3, 0.4) is 0 Å². The maximum atomic E-state index is 13.9. The molecule has 0 amide bonds. The van der Waals surface area contributed by atoms with Crippen molar-refractivity contribution < 1.29 is 30.4 Å². The third-order valence-corrected chi connectivity index (χ3v) is 10.3. The Bertz CT molecular complexity index is 2420. The molecule has 0 heterocycles. The summed E-state index contributed by atoms with van der Waals surface area (Å²) in [5.74, 6) is -0.882. The quantitative estimate of drug-likeness (QED) is 0.153. The van der Waals surface area contributed by atoms with Crippen molar-refractivity contribution in [3.05, 3.63) is 138 Å². The van der Waals surface area contributed by atoms with Crippen LogP contribution in [0.25, 0.3) is 20.8 Å². The van der Waals surface area contributed by atoms with Gasteiger partial charge in [-0.2, -0.15) is 33.4 Å². The first-order valence-corrected chi connectivity index (χ1v) is 17.8. The third kappa shape index (κ3) is 6.32. The molecule has 0 fully saturated rings. The summed E-state index contributed by atoms with van der Waals surface area (Å²) in [6, 6.07) is 15.8. The van der Waals surface area contributed by atoms with Crippen LogP contribution >= 0.6 is 11.8 Å². The van der Waals surface area contributed by atoms with Crippen LogP contribution in [0.15, 0.2) is 80.9 Å². The number of sulfone groups is 1. The van der Waals surface area contributed by atoms with Crippen LogP contribution in [0, 0.1) is 42.7 Å². The van der Waals surface area contributed by atoms with E-state index in [2.05, 4.69) is 9.69 Å². The maximum Gasteiger partial charge on any atom is 0.523 e. The highest BCUT2D eigenvalue weighted by atomic mass is 32.2. The van der Waals surface area contributed by atoms with Crippen LogP contribution in [0.5, 0.6) is 0 Å². The number of aryl methyl sites for hydroxylation is 1. The zero-order chi connectivity index (χ0) is 35.1. The predicted octanol–water partition coefficient (Wildman–Crippen LogP) is 5.64. The number of rotatable bonds is 6. The third-order valence-electron chi connectivity index (χ3n) is 7.89. The Balaban J connectivity index is 2.14. The smallest absolute Gasteiger partial charge is 0.306 e. The van der Waals surface area contributed by atoms with Gasteiger partial charge in [0.15, 0.2) is 20.9 Å². The number of halogens is 3. The second kappa shape index (κ2) is 12.9. The summed E-state index contributed by atoms with van der Waals surface area (Å²) in [5, 5.41) is 20.1. The lowest BCUT2D eigenvalue weighted by Crippen LogP contribution is -2.31. The lowest BCUT2D eigenvalue weighted by Gasteiger charge is -2.15. The Morgan fingerprint density at radius 1 is 0.979 bits per heavy atom. The second-order valence-corrected chi connectivity index (χ2v) is 14.9. The average molecular weight is 703 g/mol. The molecule has 8 nitrogen and oxygen atoms in total. The molecule has 0 bridgehead atoms. The van der Waals surface area contributed by atoms with Gasteiger partial charge in [0.25, 0.3) is 0 Å². The topological polar surface area (TPSA) is 128 Å². The number of thioether (sulfide) groups is 1. The van der Waals surface area contributed by atoms with Crippen LogP contribution in [0.1, 0.15) is 33.4 Å². The van der Waals surface area contributed by atoms with Crippen LogP contribution in [0.2, 0.25) is 0 Å². The molecule has 2 aliphatic rings. The van der Waals surface area contributed by atoms with Crippen molar-refractivity contribution in [1.29, 1.82) is 10.5 Å². The number of alkyl halides is 3. The fraction of sp³-hybridized carbons (Fsp3) is 0.176. The van der Waals surface area contributed by atoms with Gasteiger partial charge in [0, 0.05) is 22.8 Å². The van der Waals surface area contributed by atoms with E-state index in [-0.39, 0.29) is 95.2 Å². The highest BCUT2D eigenvalue weighted by Crippen LogP contribution is 2.41. The van der Waals surface area contributed by atoms with Gasteiger partial charge in [0.05, 0.1) is 16.2 Å². The summed E-state index contributed by atoms with van der Waals surface area (Å²) in [5.41, 5.74) is -2.47. The predicted molar refractivity (Wildman–Crippen MR) is 174 cm³/mol. The molecule has 2 aliphatic carbocycles. The second-order valence-electron chi connectivity index (χ2n) is 10.9. The Morgan fingerprint density at radius 3 is 2.10 bits per heavy atom. The zero-order valence-corrected chi connectivity index (χ0v) is 27.5. The molecule has 0 aromatic heterocycles. The molecule has 0 aliphatic heterocycles. The van der Waals surface area contributed by atoms with E-state index in [0.29, 0.717) is 5.56 Å². The van der Waals surface area contributed by atoms with E-state index in [0.717, 1.165) is 11.8 Å². The minimum Gasteiger partial charge on any atom is -0.306 e. The highest BCUT2D eigenvalue weighted by molar-refractivity contribution is 8.00. The lowest BCUT2D eigenvalue weighted by molar-refractivity contribution is -0.0328. The maximum absolute atomic E-state index is 13.9. The van der Waals surface area contributed by atoms with Gasteiger partial charge in [-0.25, -0.2) is 12.6 Å². The minimum atomic E-state index is -4.64.